The van der Waals surface area contributed by atoms with Gasteiger partial charge in [0.2, 0.25) is 0 Å². The molecule has 0 aromatic carbocycles. The third-order valence-electron chi connectivity index (χ3n) is 3.51. The lowest BCUT2D eigenvalue weighted by Gasteiger charge is -2.28. The van der Waals surface area contributed by atoms with E-state index in [0.717, 1.165) is 5.56 Å². The van der Waals surface area contributed by atoms with Crippen molar-refractivity contribution in [3.63, 3.8) is 0 Å². The second-order valence-corrected chi connectivity index (χ2v) is 6.20. The number of allylic oxidation sites excluding steroid dienone is 2. The molecule has 0 amide bonds. The number of carbonyl (C=O) groups is 2. The van der Waals surface area contributed by atoms with E-state index in [-0.39, 0.29) is 11.5 Å². The number of carbonyl (C=O) groups excluding carboxylic acids is 2. The van der Waals surface area contributed by atoms with Crippen LogP contribution in [-0.2, 0) is 14.3 Å². The van der Waals surface area contributed by atoms with Gasteiger partial charge in [0.1, 0.15) is 5.78 Å². The van der Waals surface area contributed by atoms with Gasteiger partial charge in [-0.25, -0.2) is 4.79 Å². The van der Waals surface area contributed by atoms with Crippen LogP contribution >= 0.6 is 11.8 Å². The molecule has 0 radical (unpaired) electrons. The van der Waals surface area contributed by atoms with Crippen molar-refractivity contribution in [1.29, 1.82) is 5.26 Å². The third kappa shape index (κ3) is 3.66. The molecule has 24 heavy (non-hydrogen) atoms. The topological polar surface area (TPSA) is 92.1 Å². The normalized spacial score (nSPS) is 17.2. The van der Waals surface area contributed by atoms with Gasteiger partial charge >= 0.3 is 5.97 Å². The second-order valence-electron chi connectivity index (χ2n) is 5.21. The molecule has 0 spiro atoms. The molecule has 0 saturated heterocycles. The van der Waals surface area contributed by atoms with Crippen molar-refractivity contribution >= 4 is 23.5 Å². The summed E-state index contributed by atoms with van der Waals surface area (Å²) >= 11 is 1.26. The van der Waals surface area contributed by atoms with Gasteiger partial charge in [-0.3, -0.25) is 9.78 Å². The Morgan fingerprint density at radius 3 is 2.62 bits per heavy atom. The Balaban J connectivity index is 2.57. The zero-order chi connectivity index (χ0) is 17.7. The molecule has 0 saturated carbocycles. The number of methoxy groups -OCH3 is 1. The zero-order valence-electron chi connectivity index (χ0n) is 13.6. The maximum absolute atomic E-state index is 12.3. The van der Waals surface area contributed by atoms with Crippen molar-refractivity contribution in [3.05, 3.63) is 52.0 Å². The molecule has 1 aliphatic heterocycles. The maximum Gasteiger partial charge on any atom is 0.336 e. The predicted octanol–water partition coefficient (Wildman–Crippen LogP) is 2.27. The van der Waals surface area contributed by atoms with Crippen molar-refractivity contribution in [3.8, 4) is 6.07 Å². The first kappa shape index (κ1) is 17.8. The van der Waals surface area contributed by atoms with Crippen LogP contribution in [0.2, 0.25) is 0 Å². The lowest BCUT2D eigenvalue weighted by molar-refractivity contribution is -0.136. The van der Waals surface area contributed by atoms with E-state index in [0.29, 0.717) is 21.9 Å². The SMILES string of the molecule is COC(=O)C1=C(C)NC(SCC(C)=O)=C(C#N)C1c1ccncc1. The summed E-state index contributed by atoms with van der Waals surface area (Å²) in [7, 11) is 1.31. The molecule has 0 fully saturated rings. The quantitative estimate of drug-likeness (QED) is 0.820. The Labute approximate surface area is 144 Å². The highest BCUT2D eigenvalue weighted by molar-refractivity contribution is 8.03. The molecule has 0 bridgehead atoms. The van der Waals surface area contributed by atoms with Crippen LogP contribution in [0.1, 0.15) is 25.3 Å². The highest BCUT2D eigenvalue weighted by Gasteiger charge is 2.35. The number of nitrogens with zero attached hydrogens (tertiary/aromatic N) is 2. The summed E-state index contributed by atoms with van der Waals surface area (Å²) in [6, 6.07) is 5.70. The van der Waals surface area contributed by atoms with Crippen LogP contribution in [0.15, 0.2) is 46.4 Å². The van der Waals surface area contributed by atoms with E-state index >= 15 is 0 Å². The minimum absolute atomic E-state index is 0.00690. The summed E-state index contributed by atoms with van der Waals surface area (Å²) in [5.41, 5.74) is 2.14. The molecule has 0 aliphatic carbocycles. The molecule has 1 unspecified atom stereocenters. The number of thioether (sulfide) groups is 1. The van der Waals surface area contributed by atoms with E-state index in [1.54, 1.807) is 31.5 Å². The van der Waals surface area contributed by atoms with Crippen molar-refractivity contribution in [2.75, 3.05) is 12.9 Å². The minimum atomic E-state index is -0.554. The van der Waals surface area contributed by atoms with Gasteiger partial charge in [0.25, 0.3) is 0 Å². The Hall–Kier alpha value is -2.59. The Morgan fingerprint density at radius 2 is 2.08 bits per heavy atom. The lowest BCUT2D eigenvalue weighted by atomic mass is 9.83. The largest absolute Gasteiger partial charge is 0.466 e. The fraction of sp³-hybridized carbons (Fsp3) is 0.294. The number of rotatable bonds is 5. The Morgan fingerprint density at radius 1 is 1.42 bits per heavy atom. The van der Waals surface area contributed by atoms with Crippen molar-refractivity contribution < 1.29 is 14.3 Å². The number of Topliss-reactive ketones (excluding diaryl/α,β-unsaturated/α-hetero) is 1. The fourth-order valence-corrected chi connectivity index (χ4v) is 3.36. The van der Waals surface area contributed by atoms with Crippen LogP contribution < -0.4 is 5.32 Å². The van der Waals surface area contributed by atoms with Gasteiger partial charge in [-0.1, -0.05) is 11.8 Å². The smallest absolute Gasteiger partial charge is 0.336 e. The van der Waals surface area contributed by atoms with Crippen LogP contribution in [0.4, 0.5) is 0 Å². The number of hydrogen-bond acceptors (Lipinski definition) is 7. The van der Waals surface area contributed by atoms with Gasteiger partial charge in [0, 0.05) is 18.1 Å². The highest BCUT2D eigenvalue weighted by Crippen LogP contribution is 2.40. The molecule has 1 N–H and O–H groups in total. The Kier molecular flexibility index (Phi) is 5.77. The van der Waals surface area contributed by atoms with Crippen LogP contribution in [0.3, 0.4) is 0 Å². The number of dihydropyridines is 1. The number of aromatic nitrogens is 1. The first-order valence-electron chi connectivity index (χ1n) is 7.22. The number of pyridine rings is 1. The summed E-state index contributed by atoms with van der Waals surface area (Å²) in [4.78, 5) is 27.5. The number of nitrogens with one attached hydrogen (secondary N) is 1. The zero-order valence-corrected chi connectivity index (χ0v) is 14.4. The van der Waals surface area contributed by atoms with Gasteiger partial charge in [0.15, 0.2) is 0 Å². The van der Waals surface area contributed by atoms with Gasteiger partial charge in [-0.05, 0) is 31.5 Å². The molecule has 1 aliphatic rings. The first-order chi connectivity index (χ1) is 11.5. The van der Waals surface area contributed by atoms with E-state index in [9.17, 15) is 14.9 Å². The van der Waals surface area contributed by atoms with E-state index in [1.807, 2.05) is 0 Å². The summed E-state index contributed by atoms with van der Waals surface area (Å²) in [5.74, 6) is -0.795. The average molecular weight is 343 g/mol. The first-order valence-corrected chi connectivity index (χ1v) is 8.20. The number of nitriles is 1. The molecule has 1 atom stereocenters. The summed E-state index contributed by atoms with van der Waals surface area (Å²) < 4.78 is 4.89. The number of hydrogen-bond donors (Lipinski definition) is 1. The molecule has 1 aromatic heterocycles. The van der Waals surface area contributed by atoms with E-state index in [1.165, 1.54) is 25.8 Å². The standard InChI is InChI=1S/C17H17N3O3S/c1-10(21)9-24-16-13(8-18)15(12-4-6-19-7-5-12)14(11(2)20-16)17(22)23-3/h4-7,15,20H,9H2,1-3H3. The Bertz CT molecular complexity index is 763. The molecular weight excluding hydrogens is 326 g/mol. The van der Waals surface area contributed by atoms with Crippen LogP contribution in [0.5, 0.6) is 0 Å². The van der Waals surface area contributed by atoms with Crippen LogP contribution in [0, 0.1) is 11.3 Å². The molecule has 2 heterocycles. The van der Waals surface area contributed by atoms with Crippen molar-refractivity contribution in [2.24, 2.45) is 0 Å². The van der Waals surface area contributed by atoms with Gasteiger partial charge in [-0.15, -0.1) is 0 Å². The molecule has 1 aromatic rings. The average Bonchev–Trinajstić information content (AvgIpc) is 2.59. The van der Waals surface area contributed by atoms with E-state index < -0.39 is 11.9 Å². The van der Waals surface area contributed by atoms with Gasteiger partial charge in [-0.2, -0.15) is 5.26 Å². The van der Waals surface area contributed by atoms with E-state index in [2.05, 4.69) is 16.4 Å². The summed E-state index contributed by atoms with van der Waals surface area (Å²) in [5, 5.41) is 13.3. The fourth-order valence-electron chi connectivity index (χ4n) is 2.47. The lowest BCUT2D eigenvalue weighted by Crippen LogP contribution is -2.28. The van der Waals surface area contributed by atoms with E-state index in [4.69, 9.17) is 4.74 Å². The third-order valence-corrected chi connectivity index (χ3v) is 4.67. The highest BCUT2D eigenvalue weighted by atomic mass is 32.2. The van der Waals surface area contributed by atoms with Gasteiger partial charge < -0.3 is 10.1 Å². The molecule has 2 rings (SSSR count). The second kappa shape index (κ2) is 7.79. The maximum atomic E-state index is 12.3. The predicted molar refractivity (Wildman–Crippen MR) is 90.6 cm³/mol. The number of esters is 1. The minimum Gasteiger partial charge on any atom is -0.466 e. The van der Waals surface area contributed by atoms with Crippen molar-refractivity contribution in [1.82, 2.24) is 10.3 Å². The summed E-state index contributed by atoms with van der Waals surface area (Å²) in [6.45, 7) is 3.24. The monoisotopic (exact) mass is 343 g/mol. The summed E-state index contributed by atoms with van der Waals surface area (Å²) in [6.07, 6.45) is 3.22. The number of ketones is 1. The molecule has 124 valence electrons. The molecule has 6 nitrogen and oxygen atoms in total. The van der Waals surface area contributed by atoms with Crippen molar-refractivity contribution in [2.45, 2.75) is 19.8 Å². The van der Waals surface area contributed by atoms with Crippen LogP contribution in [-0.4, -0.2) is 29.6 Å². The molecule has 7 heteroatoms. The number of ether oxygens (including phenoxy) is 1. The molecular formula is C17H17N3O3S. The van der Waals surface area contributed by atoms with Crippen LogP contribution in [0.25, 0.3) is 0 Å². The van der Waals surface area contributed by atoms with Gasteiger partial charge in [0.05, 0.1) is 41.0 Å².